The van der Waals surface area contributed by atoms with Crippen molar-refractivity contribution in [2.24, 2.45) is 5.41 Å². The molecule has 0 saturated heterocycles. The third kappa shape index (κ3) is 5.19. The molecule has 1 aromatic heterocycles. The van der Waals surface area contributed by atoms with Crippen LogP contribution in [0.25, 0.3) is 27.4 Å². The number of hydrogen-bond donors (Lipinski definition) is 0. The fourth-order valence-corrected chi connectivity index (χ4v) is 4.65. The van der Waals surface area contributed by atoms with Gasteiger partial charge in [0, 0.05) is 11.1 Å². The average Bonchev–Trinajstić information content (AvgIpc) is 3.49. The van der Waals surface area contributed by atoms with Gasteiger partial charge in [-0.05, 0) is 43.0 Å². The quantitative estimate of drug-likeness (QED) is 0.213. The molecule has 6 rings (SSSR count). The van der Waals surface area contributed by atoms with E-state index in [1.807, 2.05) is 12.2 Å². The Morgan fingerprint density at radius 3 is 2.41 bits per heavy atom. The van der Waals surface area contributed by atoms with Gasteiger partial charge in [0.1, 0.15) is 0 Å². The maximum atomic E-state index is 4.93. The number of nitrogens with zero attached hydrogens (tertiary/aromatic N) is 1. The van der Waals surface area contributed by atoms with E-state index in [9.17, 15) is 0 Å². The summed E-state index contributed by atoms with van der Waals surface area (Å²) in [5.41, 5.74) is 6.00. The smallest absolute Gasteiger partial charge is 0.0516 e. The van der Waals surface area contributed by atoms with Crippen molar-refractivity contribution >= 4 is 38.7 Å². The van der Waals surface area contributed by atoms with E-state index in [0.717, 1.165) is 0 Å². The number of para-hydroxylation sites is 1. The maximum absolute atomic E-state index is 4.93. The van der Waals surface area contributed by atoms with Crippen LogP contribution in [0.2, 0.25) is 0 Å². The number of halogens is 2. The summed E-state index contributed by atoms with van der Waals surface area (Å²) in [6, 6.07) is 22.2. The predicted molar refractivity (Wildman–Crippen MR) is 135 cm³/mol. The molecule has 0 saturated carbocycles. The molecule has 0 amide bonds. The standard InChI is InChI=1S/C21H18N.C7H9.2ClH.Zr/c1-2-8-16-14-17(13-15(16)7-1)22-20-11-5-3-9-18(20)19-10-4-6-12-21(19)22;1-7(2)5-3-4-6-7;;;/h1-3,5,7-9,11,13-14H,4,6,10,12H2;3-5H,1-2H3;2*1H;/q2*-1;;;+4/p-2. The van der Waals surface area contributed by atoms with Crippen LogP contribution in [0.15, 0.2) is 78.9 Å². The second-order valence-corrected chi connectivity index (χ2v) is 12.5. The van der Waals surface area contributed by atoms with Crippen LogP contribution in [0.1, 0.15) is 37.9 Å². The summed E-state index contributed by atoms with van der Waals surface area (Å²) in [6.45, 7) is 4.26. The minimum atomic E-state index is -0.826. The van der Waals surface area contributed by atoms with Gasteiger partial charge in [-0.1, -0.05) is 43.5 Å². The van der Waals surface area contributed by atoms with Gasteiger partial charge in [-0.3, -0.25) is 6.08 Å². The fraction of sp³-hybridized carbons (Fsp3) is 0.250. The average molecular weight is 540 g/mol. The molecule has 0 aliphatic heterocycles. The van der Waals surface area contributed by atoms with Crippen molar-refractivity contribution in [1.29, 1.82) is 0 Å². The zero-order valence-corrected chi connectivity index (χ0v) is 22.5. The van der Waals surface area contributed by atoms with E-state index in [1.165, 1.54) is 58.7 Å². The van der Waals surface area contributed by atoms with Crippen molar-refractivity contribution in [3.63, 3.8) is 0 Å². The van der Waals surface area contributed by atoms with Gasteiger partial charge < -0.3 is 4.57 Å². The van der Waals surface area contributed by atoms with Gasteiger partial charge in [0.05, 0.1) is 5.52 Å². The molecule has 1 heterocycles. The van der Waals surface area contributed by atoms with E-state index >= 15 is 0 Å². The summed E-state index contributed by atoms with van der Waals surface area (Å²) >= 11 is -0.826. The summed E-state index contributed by atoms with van der Waals surface area (Å²) < 4.78 is 2.50. The van der Waals surface area contributed by atoms with Crippen LogP contribution in [0.5, 0.6) is 0 Å². The van der Waals surface area contributed by atoms with Crippen LogP contribution in [-0.2, 0) is 33.7 Å². The van der Waals surface area contributed by atoms with Crippen molar-refractivity contribution in [2.45, 2.75) is 39.5 Å². The summed E-state index contributed by atoms with van der Waals surface area (Å²) in [6.07, 6.45) is 14.3. The Morgan fingerprint density at radius 2 is 1.72 bits per heavy atom. The summed E-state index contributed by atoms with van der Waals surface area (Å²) in [7, 11) is 9.87. The van der Waals surface area contributed by atoms with Gasteiger partial charge in [-0.25, -0.2) is 12.2 Å². The fourth-order valence-electron chi connectivity index (χ4n) is 4.65. The zero-order valence-electron chi connectivity index (χ0n) is 18.5. The van der Waals surface area contributed by atoms with Gasteiger partial charge in [-0.15, -0.1) is 41.1 Å². The first kappa shape index (κ1) is 23.7. The molecule has 3 aromatic carbocycles. The van der Waals surface area contributed by atoms with Crippen molar-refractivity contribution in [2.75, 3.05) is 0 Å². The molecule has 2 aliphatic rings. The molecular weight excluding hydrogens is 512 g/mol. The molecule has 0 unspecified atom stereocenters. The van der Waals surface area contributed by atoms with E-state index in [1.54, 1.807) is 5.56 Å². The number of aromatic nitrogens is 1. The first-order valence-corrected chi connectivity index (χ1v) is 17.4. The van der Waals surface area contributed by atoms with Gasteiger partial charge >= 0.3 is 37.9 Å². The van der Waals surface area contributed by atoms with Crippen molar-refractivity contribution in [1.82, 2.24) is 4.57 Å². The Hall–Kier alpha value is -1.47. The molecule has 32 heavy (non-hydrogen) atoms. The number of aryl methyl sites for hydroxylation is 1. The van der Waals surface area contributed by atoms with Crippen LogP contribution in [0.3, 0.4) is 0 Å². The summed E-state index contributed by atoms with van der Waals surface area (Å²) in [4.78, 5) is 0. The van der Waals surface area contributed by atoms with E-state index in [0.29, 0.717) is 0 Å². The Kier molecular flexibility index (Phi) is 7.88. The zero-order chi connectivity index (χ0) is 22.6. The van der Waals surface area contributed by atoms with Crippen molar-refractivity contribution < 1.29 is 20.8 Å². The molecule has 4 aromatic rings. The topological polar surface area (TPSA) is 4.93 Å². The number of hydrogen-bond acceptors (Lipinski definition) is 0. The van der Waals surface area contributed by atoms with Gasteiger partial charge in [0.15, 0.2) is 0 Å². The van der Waals surface area contributed by atoms with Crippen LogP contribution in [-0.4, -0.2) is 4.57 Å². The largest absolute Gasteiger partial charge is 0.332 e. The normalized spacial score (nSPS) is 15.5. The van der Waals surface area contributed by atoms with Crippen molar-refractivity contribution in [3.8, 4) is 5.69 Å². The molecule has 1 nitrogen and oxygen atoms in total. The Labute approximate surface area is 209 Å². The molecule has 162 valence electrons. The summed E-state index contributed by atoms with van der Waals surface area (Å²) in [5, 5.41) is 4.11. The minimum Gasteiger partial charge on any atom is -0.332 e. The number of benzene rings is 2. The molecule has 0 spiro atoms. The third-order valence-electron chi connectivity index (χ3n) is 6.10. The maximum Gasteiger partial charge on any atom is 0.0516 e. The Morgan fingerprint density at radius 1 is 1.00 bits per heavy atom. The second-order valence-electron chi connectivity index (χ2n) is 8.79. The monoisotopic (exact) mass is 537 g/mol. The van der Waals surface area contributed by atoms with Crippen LogP contribution < -0.4 is 0 Å². The van der Waals surface area contributed by atoms with Crippen LogP contribution in [0.4, 0.5) is 0 Å². The van der Waals surface area contributed by atoms with E-state index in [4.69, 9.17) is 17.0 Å². The van der Waals surface area contributed by atoms with Gasteiger partial charge in [-0.2, -0.15) is 6.08 Å². The molecule has 0 atom stereocenters. The van der Waals surface area contributed by atoms with E-state index < -0.39 is 20.8 Å². The van der Waals surface area contributed by atoms with E-state index in [-0.39, 0.29) is 5.41 Å². The molecular formula is C28H27Cl2NZr. The number of allylic oxidation sites excluding steroid dienone is 4. The van der Waals surface area contributed by atoms with Crippen LogP contribution >= 0.6 is 17.0 Å². The number of fused-ring (bicyclic) bond motifs is 4. The van der Waals surface area contributed by atoms with E-state index in [2.05, 4.69) is 91.2 Å². The summed E-state index contributed by atoms with van der Waals surface area (Å²) in [5.74, 6) is 0. The predicted octanol–water partition coefficient (Wildman–Crippen LogP) is 8.70. The molecule has 0 bridgehead atoms. The SMILES string of the molecule is CC1(C)[C-]=CC=C1.[Cl][Zr+2][Cl].c1ccc2[cH-]c(-n3c4c(c5ccccc53)CCCC4)cc2c1. The first-order valence-electron chi connectivity index (χ1n) is 11.1. The van der Waals surface area contributed by atoms with Gasteiger partial charge in [0.25, 0.3) is 0 Å². The molecule has 2 aliphatic carbocycles. The first-order chi connectivity index (χ1) is 15.5. The molecule has 0 N–H and O–H groups in total. The molecule has 0 fully saturated rings. The minimum absolute atomic E-state index is 0.208. The van der Waals surface area contributed by atoms with Crippen molar-refractivity contribution in [3.05, 3.63) is 96.2 Å². The Bertz CT molecular complexity index is 1210. The third-order valence-corrected chi connectivity index (χ3v) is 6.10. The molecule has 0 radical (unpaired) electrons. The van der Waals surface area contributed by atoms with Gasteiger partial charge in [0.2, 0.25) is 0 Å². The second kappa shape index (κ2) is 10.6. The van der Waals surface area contributed by atoms with Crippen LogP contribution in [0, 0.1) is 11.5 Å². The number of rotatable bonds is 1. The Balaban J connectivity index is 0.000000206. The molecule has 4 heteroatoms.